The van der Waals surface area contributed by atoms with E-state index in [1.165, 1.54) is 6.33 Å². The van der Waals surface area contributed by atoms with Crippen LogP contribution in [0.15, 0.2) is 30.6 Å². The molecule has 1 N–H and O–H groups in total. The molecule has 9 heteroatoms. The Morgan fingerprint density at radius 3 is 2.68 bits per heavy atom. The fourth-order valence-electron chi connectivity index (χ4n) is 3.70. The zero-order valence-electron chi connectivity index (χ0n) is 18.2. The van der Waals surface area contributed by atoms with Crippen molar-refractivity contribution in [2.24, 2.45) is 5.92 Å². The first-order chi connectivity index (χ1) is 14.9. The second-order valence-corrected chi connectivity index (χ2v) is 8.10. The summed E-state index contributed by atoms with van der Waals surface area (Å²) in [5.41, 5.74) is 0.866. The molecule has 1 saturated heterocycles. The molecule has 2 aromatic rings. The molecule has 0 saturated carbocycles. The van der Waals surface area contributed by atoms with Crippen LogP contribution in [-0.4, -0.2) is 40.1 Å². The number of hydrogen-bond acceptors (Lipinski definition) is 8. The number of anilines is 3. The monoisotopic (exact) mass is 427 g/mol. The van der Waals surface area contributed by atoms with E-state index < -0.39 is 10.9 Å². The van der Waals surface area contributed by atoms with Crippen molar-refractivity contribution in [3.8, 4) is 0 Å². The molecule has 9 nitrogen and oxygen atoms in total. The minimum absolute atomic E-state index is 0.130. The molecule has 166 valence electrons. The number of aromatic nitrogens is 2. The van der Waals surface area contributed by atoms with E-state index in [-0.39, 0.29) is 23.5 Å². The summed E-state index contributed by atoms with van der Waals surface area (Å²) in [6.45, 7) is 7.11. The smallest absolute Gasteiger partial charge is 0.353 e. The predicted molar refractivity (Wildman–Crippen MR) is 119 cm³/mol. The van der Waals surface area contributed by atoms with E-state index in [1.807, 2.05) is 18.7 Å². The van der Waals surface area contributed by atoms with Gasteiger partial charge in [-0.1, -0.05) is 20.8 Å². The van der Waals surface area contributed by atoms with Crippen molar-refractivity contribution in [2.75, 3.05) is 23.4 Å². The van der Waals surface area contributed by atoms with Crippen LogP contribution in [0.3, 0.4) is 0 Å². The number of hydrogen-bond donors (Lipinski definition) is 1. The first-order valence-electron chi connectivity index (χ1n) is 10.7. The standard InChI is InChI=1S/C22H29N5O4/c1-4-18-7-5-6-12-26(18)21-19(27(29)30)20(23-14-24-21)25-17-10-8-16(9-11-17)22(28)31-13-15(2)3/h8-11,14-15,18H,4-7,12-13H2,1-3H3,(H,23,24,25). The highest BCUT2D eigenvalue weighted by Crippen LogP contribution is 2.37. The Morgan fingerprint density at radius 2 is 2.03 bits per heavy atom. The number of nitro groups is 1. The summed E-state index contributed by atoms with van der Waals surface area (Å²) in [7, 11) is 0. The molecule has 1 aliphatic heterocycles. The van der Waals surface area contributed by atoms with Crippen LogP contribution in [0.25, 0.3) is 0 Å². The van der Waals surface area contributed by atoms with Crippen molar-refractivity contribution in [1.29, 1.82) is 0 Å². The summed E-state index contributed by atoms with van der Waals surface area (Å²) < 4.78 is 5.23. The first-order valence-corrected chi connectivity index (χ1v) is 10.7. The lowest BCUT2D eigenvalue weighted by Crippen LogP contribution is -2.40. The van der Waals surface area contributed by atoms with E-state index in [0.29, 0.717) is 23.7 Å². The van der Waals surface area contributed by atoms with E-state index in [4.69, 9.17) is 4.74 Å². The highest BCUT2D eigenvalue weighted by Gasteiger charge is 2.31. The maximum Gasteiger partial charge on any atom is 0.353 e. The predicted octanol–water partition coefficient (Wildman–Crippen LogP) is 4.71. The molecule has 1 fully saturated rings. The summed E-state index contributed by atoms with van der Waals surface area (Å²) >= 11 is 0. The average Bonchev–Trinajstić information content (AvgIpc) is 2.77. The highest BCUT2D eigenvalue weighted by molar-refractivity contribution is 5.90. The molecular weight excluding hydrogens is 398 g/mol. The van der Waals surface area contributed by atoms with Gasteiger partial charge < -0.3 is 15.0 Å². The van der Waals surface area contributed by atoms with Gasteiger partial charge >= 0.3 is 11.7 Å². The third-order valence-electron chi connectivity index (χ3n) is 5.29. The highest BCUT2D eigenvalue weighted by atomic mass is 16.6. The minimum Gasteiger partial charge on any atom is -0.462 e. The summed E-state index contributed by atoms with van der Waals surface area (Å²) in [6.07, 6.45) is 5.34. The molecule has 0 bridgehead atoms. The molecule has 0 radical (unpaired) electrons. The zero-order valence-corrected chi connectivity index (χ0v) is 18.2. The Morgan fingerprint density at radius 1 is 1.29 bits per heavy atom. The number of carbonyl (C=O) groups excluding carboxylic acids is 1. The van der Waals surface area contributed by atoms with Crippen LogP contribution in [-0.2, 0) is 4.74 Å². The fraction of sp³-hybridized carbons (Fsp3) is 0.500. The summed E-state index contributed by atoms with van der Waals surface area (Å²) in [4.78, 5) is 34.0. The van der Waals surface area contributed by atoms with Gasteiger partial charge in [0.05, 0.1) is 17.1 Å². The van der Waals surface area contributed by atoms with E-state index in [9.17, 15) is 14.9 Å². The first kappa shape index (κ1) is 22.5. The third kappa shape index (κ3) is 5.48. The lowest BCUT2D eigenvalue weighted by atomic mass is 10.00. The lowest BCUT2D eigenvalue weighted by Gasteiger charge is -2.35. The van der Waals surface area contributed by atoms with Crippen molar-refractivity contribution in [3.63, 3.8) is 0 Å². The number of nitrogens with zero attached hydrogens (tertiary/aromatic N) is 4. The molecule has 0 spiro atoms. The second-order valence-electron chi connectivity index (χ2n) is 8.10. The zero-order chi connectivity index (χ0) is 22.4. The maximum absolute atomic E-state index is 12.1. The second kappa shape index (κ2) is 10.2. The van der Waals surface area contributed by atoms with Crippen molar-refractivity contribution in [3.05, 3.63) is 46.3 Å². The Bertz CT molecular complexity index is 917. The Hall–Kier alpha value is -3.23. The maximum atomic E-state index is 12.1. The van der Waals surface area contributed by atoms with Crippen molar-refractivity contribution in [2.45, 2.75) is 52.5 Å². The Balaban J connectivity index is 1.83. The van der Waals surface area contributed by atoms with E-state index in [1.54, 1.807) is 24.3 Å². The van der Waals surface area contributed by atoms with Crippen LogP contribution < -0.4 is 10.2 Å². The molecule has 1 aromatic heterocycles. The molecule has 2 heterocycles. The van der Waals surface area contributed by atoms with Crippen LogP contribution in [0.4, 0.5) is 23.0 Å². The minimum atomic E-state index is -0.434. The quantitative estimate of drug-likeness (QED) is 0.366. The average molecular weight is 428 g/mol. The molecule has 1 unspecified atom stereocenters. The number of benzene rings is 1. The van der Waals surface area contributed by atoms with Crippen LogP contribution in [0, 0.1) is 16.0 Å². The van der Waals surface area contributed by atoms with Gasteiger partial charge in [0.2, 0.25) is 11.6 Å². The van der Waals surface area contributed by atoms with Gasteiger partial charge in [-0.3, -0.25) is 10.1 Å². The summed E-state index contributed by atoms with van der Waals surface area (Å²) in [5.74, 6) is 0.337. The van der Waals surface area contributed by atoms with Crippen LogP contribution in [0.1, 0.15) is 56.8 Å². The topological polar surface area (TPSA) is 110 Å². The van der Waals surface area contributed by atoms with Gasteiger partial charge in [0, 0.05) is 18.3 Å². The largest absolute Gasteiger partial charge is 0.462 e. The molecule has 31 heavy (non-hydrogen) atoms. The van der Waals surface area contributed by atoms with Gasteiger partial charge in [0.1, 0.15) is 6.33 Å². The Labute approximate surface area is 182 Å². The molecule has 3 rings (SSSR count). The SMILES string of the molecule is CCC1CCCCN1c1ncnc(Nc2ccc(C(=O)OCC(C)C)cc2)c1[N+](=O)[O-]. The van der Waals surface area contributed by atoms with Crippen LogP contribution >= 0.6 is 0 Å². The fourth-order valence-corrected chi connectivity index (χ4v) is 3.70. The van der Waals surface area contributed by atoms with Gasteiger partial charge in [-0.15, -0.1) is 0 Å². The van der Waals surface area contributed by atoms with Crippen molar-refractivity contribution >= 4 is 29.0 Å². The molecular formula is C22H29N5O4. The van der Waals surface area contributed by atoms with Crippen molar-refractivity contribution in [1.82, 2.24) is 9.97 Å². The van der Waals surface area contributed by atoms with E-state index in [2.05, 4.69) is 22.2 Å². The molecule has 0 aliphatic carbocycles. The van der Waals surface area contributed by atoms with Crippen molar-refractivity contribution < 1.29 is 14.5 Å². The number of esters is 1. The van der Waals surface area contributed by atoms with Gasteiger partial charge in [-0.05, 0) is 55.9 Å². The normalized spacial score (nSPS) is 16.3. The van der Waals surface area contributed by atoms with Crippen LogP contribution in [0.5, 0.6) is 0 Å². The number of ether oxygens (including phenoxy) is 1. The summed E-state index contributed by atoms with van der Waals surface area (Å²) in [5, 5.41) is 14.9. The molecule has 1 aromatic carbocycles. The third-order valence-corrected chi connectivity index (χ3v) is 5.29. The molecule has 0 amide bonds. The molecule has 1 atom stereocenters. The number of piperidine rings is 1. The van der Waals surface area contributed by atoms with Gasteiger partial charge in [-0.2, -0.15) is 0 Å². The van der Waals surface area contributed by atoms with E-state index >= 15 is 0 Å². The number of carbonyl (C=O) groups is 1. The Kier molecular flexibility index (Phi) is 7.38. The van der Waals surface area contributed by atoms with Gasteiger partial charge in [0.25, 0.3) is 0 Å². The van der Waals surface area contributed by atoms with Crippen LogP contribution in [0.2, 0.25) is 0 Å². The lowest BCUT2D eigenvalue weighted by molar-refractivity contribution is -0.383. The van der Waals surface area contributed by atoms with E-state index in [0.717, 1.165) is 32.2 Å². The number of rotatable bonds is 8. The summed E-state index contributed by atoms with van der Waals surface area (Å²) in [6, 6.07) is 6.82. The van der Waals surface area contributed by atoms with Gasteiger partial charge in [-0.25, -0.2) is 14.8 Å². The molecule has 1 aliphatic rings. The number of nitrogens with one attached hydrogen (secondary N) is 1. The van der Waals surface area contributed by atoms with Gasteiger partial charge in [0.15, 0.2) is 0 Å².